The number of likely N-dealkylation sites (N-methyl/N-ethyl adjacent to an activating group) is 1. The quantitative estimate of drug-likeness (QED) is 0.891. The first-order chi connectivity index (χ1) is 10.3. The molecule has 2 aromatic rings. The fourth-order valence-electron chi connectivity index (χ4n) is 2.92. The van der Waals surface area contributed by atoms with Gasteiger partial charge in [-0.2, -0.15) is 0 Å². The summed E-state index contributed by atoms with van der Waals surface area (Å²) < 4.78 is 0. The Morgan fingerprint density at radius 2 is 1.95 bits per heavy atom. The number of benzene rings is 1. The summed E-state index contributed by atoms with van der Waals surface area (Å²) in [6, 6.07) is 6.18. The molecule has 120 valence electrons. The van der Waals surface area contributed by atoms with E-state index in [1.807, 2.05) is 18.2 Å². The van der Waals surface area contributed by atoms with Gasteiger partial charge in [0.05, 0.1) is 0 Å². The lowest BCUT2D eigenvalue weighted by Crippen LogP contribution is -2.43. The molecule has 1 aromatic heterocycles. The minimum Gasteiger partial charge on any atom is -0.358 e. The molecular weight excluding hydrogens is 274 g/mol. The van der Waals surface area contributed by atoms with Crippen LogP contribution in [0.1, 0.15) is 35.5 Å². The molecule has 1 aromatic carbocycles. The fourth-order valence-corrected chi connectivity index (χ4v) is 2.92. The van der Waals surface area contributed by atoms with E-state index in [1.165, 1.54) is 5.56 Å². The number of fused-ring (bicyclic) bond motifs is 1. The Balaban J connectivity index is 2.14. The largest absolute Gasteiger partial charge is 0.358 e. The van der Waals surface area contributed by atoms with Crippen molar-refractivity contribution in [1.29, 1.82) is 0 Å². The fraction of sp³-hybridized carbons (Fsp3) is 0.500. The SMILES string of the molecule is Cc1[nH]c2ccc(C(=O)NC[C@@H](C(C)C)N(C)C)cc2c1C. The van der Waals surface area contributed by atoms with Crippen molar-refractivity contribution >= 4 is 16.8 Å². The molecule has 2 N–H and O–H groups in total. The number of aromatic amines is 1. The van der Waals surface area contributed by atoms with Crippen LogP contribution in [0, 0.1) is 19.8 Å². The lowest BCUT2D eigenvalue weighted by Gasteiger charge is -2.28. The standard InChI is InChI=1S/C18H27N3O/c1-11(2)17(21(5)6)10-19-18(22)14-7-8-16-15(9-14)12(3)13(4)20-16/h7-9,11,17,20H,10H2,1-6H3,(H,19,22)/t17-/m0/s1. The molecule has 0 aliphatic rings. The topological polar surface area (TPSA) is 48.1 Å². The van der Waals surface area contributed by atoms with Crippen LogP contribution in [0.3, 0.4) is 0 Å². The summed E-state index contributed by atoms with van der Waals surface area (Å²) in [5.74, 6) is 0.486. The molecule has 22 heavy (non-hydrogen) atoms. The molecule has 0 fully saturated rings. The van der Waals surface area contributed by atoms with Gasteiger partial charge in [0.25, 0.3) is 5.91 Å². The molecule has 0 bridgehead atoms. The summed E-state index contributed by atoms with van der Waals surface area (Å²) in [4.78, 5) is 17.9. The zero-order valence-corrected chi connectivity index (χ0v) is 14.4. The summed E-state index contributed by atoms with van der Waals surface area (Å²) >= 11 is 0. The van der Waals surface area contributed by atoms with Gasteiger partial charge in [0, 0.05) is 34.7 Å². The van der Waals surface area contributed by atoms with Crippen LogP contribution in [0.2, 0.25) is 0 Å². The molecular formula is C18H27N3O. The lowest BCUT2D eigenvalue weighted by molar-refractivity contribution is 0.0935. The first-order valence-electron chi connectivity index (χ1n) is 7.84. The molecule has 1 heterocycles. The van der Waals surface area contributed by atoms with E-state index in [0.717, 1.165) is 22.2 Å². The zero-order chi connectivity index (χ0) is 16.4. The van der Waals surface area contributed by atoms with E-state index in [1.54, 1.807) is 0 Å². The van der Waals surface area contributed by atoms with Gasteiger partial charge in [-0.3, -0.25) is 4.79 Å². The number of aromatic nitrogens is 1. The average molecular weight is 301 g/mol. The smallest absolute Gasteiger partial charge is 0.251 e. The summed E-state index contributed by atoms with van der Waals surface area (Å²) in [6.45, 7) is 9.15. The summed E-state index contributed by atoms with van der Waals surface area (Å²) in [5, 5.41) is 4.19. The summed E-state index contributed by atoms with van der Waals surface area (Å²) in [7, 11) is 4.10. The van der Waals surface area contributed by atoms with Gasteiger partial charge in [0.2, 0.25) is 0 Å². The maximum atomic E-state index is 12.4. The van der Waals surface area contributed by atoms with E-state index in [2.05, 4.69) is 57.0 Å². The first-order valence-corrected chi connectivity index (χ1v) is 7.84. The number of carbonyl (C=O) groups is 1. The van der Waals surface area contributed by atoms with Gasteiger partial charge in [-0.15, -0.1) is 0 Å². The van der Waals surface area contributed by atoms with Crippen molar-refractivity contribution in [2.24, 2.45) is 5.92 Å². The number of rotatable bonds is 5. The monoisotopic (exact) mass is 301 g/mol. The van der Waals surface area contributed by atoms with E-state index in [9.17, 15) is 4.79 Å². The van der Waals surface area contributed by atoms with Gasteiger partial charge < -0.3 is 15.2 Å². The molecule has 4 heteroatoms. The number of hydrogen-bond donors (Lipinski definition) is 2. The Labute approximate surface area is 132 Å². The van der Waals surface area contributed by atoms with Gasteiger partial charge in [-0.25, -0.2) is 0 Å². The van der Waals surface area contributed by atoms with Crippen LogP contribution in [0.15, 0.2) is 18.2 Å². The predicted octanol–water partition coefficient (Wildman–Crippen LogP) is 3.10. The third-order valence-corrected chi connectivity index (χ3v) is 4.48. The van der Waals surface area contributed by atoms with Crippen LogP contribution in [0.25, 0.3) is 10.9 Å². The molecule has 1 amide bonds. The van der Waals surface area contributed by atoms with Crippen LogP contribution in [-0.2, 0) is 0 Å². The van der Waals surface area contributed by atoms with E-state index >= 15 is 0 Å². The van der Waals surface area contributed by atoms with Crippen LogP contribution < -0.4 is 5.32 Å². The second-order valence-corrected chi connectivity index (χ2v) is 6.62. The van der Waals surface area contributed by atoms with Crippen molar-refractivity contribution < 1.29 is 4.79 Å². The lowest BCUT2D eigenvalue weighted by atomic mass is 10.0. The van der Waals surface area contributed by atoms with Gasteiger partial charge in [0.15, 0.2) is 0 Å². The van der Waals surface area contributed by atoms with Gasteiger partial charge in [-0.05, 0) is 57.6 Å². The number of nitrogens with zero attached hydrogens (tertiary/aromatic N) is 1. The van der Waals surface area contributed by atoms with Gasteiger partial charge in [0.1, 0.15) is 0 Å². The summed E-state index contributed by atoms with van der Waals surface area (Å²) in [6.07, 6.45) is 0. The number of carbonyl (C=O) groups excluding carboxylic acids is 1. The van der Waals surface area contributed by atoms with Crippen molar-refractivity contribution in [1.82, 2.24) is 15.2 Å². The minimum absolute atomic E-state index is 0.00680. The number of hydrogen-bond acceptors (Lipinski definition) is 2. The van der Waals surface area contributed by atoms with Crippen molar-refractivity contribution in [2.75, 3.05) is 20.6 Å². The predicted molar refractivity (Wildman–Crippen MR) is 92.4 cm³/mol. The second kappa shape index (κ2) is 6.53. The molecule has 1 atom stereocenters. The van der Waals surface area contributed by atoms with E-state index in [-0.39, 0.29) is 5.91 Å². The first kappa shape index (κ1) is 16.6. The third-order valence-electron chi connectivity index (χ3n) is 4.48. The van der Waals surface area contributed by atoms with Crippen molar-refractivity contribution in [3.05, 3.63) is 35.0 Å². The number of H-pyrrole nitrogens is 1. The molecule has 0 spiro atoms. The zero-order valence-electron chi connectivity index (χ0n) is 14.4. The molecule has 0 saturated heterocycles. The highest BCUT2D eigenvalue weighted by Crippen LogP contribution is 2.22. The number of nitrogens with one attached hydrogen (secondary N) is 2. The highest BCUT2D eigenvalue weighted by atomic mass is 16.1. The molecule has 0 unspecified atom stereocenters. The second-order valence-electron chi connectivity index (χ2n) is 6.62. The van der Waals surface area contributed by atoms with Gasteiger partial charge >= 0.3 is 0 Å². The number of aryl methyl sites for hydroxylation is 2. The Hall–Kier alpha value is -1.81. The Morgan fingerprint density at radius 1 is 1.27 bits per heavy atom. The van der Waals surface area contributed by atoms with Crippen molar-refractivity contribution in [2.45, 2.75) is 33.7 Å². The van der Waals surface area contributed by atoms with Crippen LogP contribution in [-0.4, -0.2) is 42.5 Å². The van der Waals surface area contributed by atoms with Crippen molar-refractivity contribution in [3.63, 3.8) is 0 Å². The summed E-state index contributed by atoms with van der Waals surface area (Å²) in [5.41, 5.74) is 4.16. The van der Waals surface area contributed by atoms with Crippen molar-refractivity contribution in [3.8, 4) is 0 Å². The Kier molecular flexibility index (Phi) is 4.91. The van der Waals surface area contributed by atoms with E-state index < -0.39 is 0 Å². The molecule has 2 rings (SSSR count). The van der Waals surface area contributed by atoms with E-state index in [4.69, 9.17) is 0 Å². The van der Waals surface area contributed by atoms with Crippen LogP contribution >= 0.6 is 0 Å². The maximum Gasteiger partial charge on any atom is 0.251 e. The highest BCUT2D eigenvalue weighted by molar-refractivity contribution is 5.99. The van der Waals surface area contributed by atoms with Crippen LogP contribution in [0.4, 0.5) is 0 Å². The average Bonchev–Trinajstić information content (AvgIpc) is 2.73. The molecule has 0 radical (unpaired) electrons. The third kappa shape index (κ3) is 3.33. The minimum atomic E-state index is -0.00680. The molecule has 0 aliphatic carbocycles. The highest BCUT2D eigenvalue weighted by Gasteiger charge is 2.17. The van der Waals surface area contributed by atoms with Gasteiger partial charge in [-0.1, -0.05) is 13.8 Å². The van der Waals surface area contributed by atoms with Crippen LogP contribution in [0.5, 0.6) is 0 Å². The molecule has 4 nitrogen and oxygen atoms in total. The normalized spacial score (nSPS) is 13.1. The Morgan fingerprint density at radius 3 is 2.55 bits per heavy atom. The molecule has 0 saturated carbocycles. The maximum absolute atomic E-state index is 12.4. The Bertz CT molecular complexity index is 662. The number of amides is 1. The van der Waals surface area contributed by atoms with E-state index in [0.29, 0.717) is 18.5 Å². The molecule has 0 aliphatic heterocycles.